The minimum Gasteiger partial charge on any atom is -0.310 e. The van der Waals surface area contributed by atoms with E-state index in [1.165, 1.54) is 6.07 Å². The fraction of sp³-hybridized carbons (Fsp3) is 0.500. The largest absolute Gasteiger partial charge is 0.310 e. The van der Waals surface area contributed by atoms with E-state index in [-0.39, 0.29) is 5.82 Å². The molecule has 0 aromatic heterocycles. The molecule has 0 atom stereocenters. The van der Waals surface area contributed by atoms with Gasteiger partial charge in [-0.05, 0) is 43.0 Å². The van der Waals surface area contributed by atoms with Crippen molar-refractivity contribution in [3.63, 3.8) is 0 Å². The molecular formula is C12H15ClFN. The van der Waals surface area contributed by atoms with Crippen molar-refractivity contribution in [3.05, 3.63) is 35.1 Å². The first kappa shape index (κ1) is 10.9. The topological polar surface area (TPSA) is 12.0 Å². The highest BCUT2D eigenvalue weighted by Crippen LogP contribution is 2.25. The molecule has 0 bridgehead atoms. The maximum atomic E-state index is 13.0. The van der Waals surface area contributed by atoms with Gasteiger partial charge in [-0.2, -0.15) is 0 Å². The molecule has 1 aliphatic carbocycles. The standard InChI is InChI=1S/C12H15ClFN/c1-8-2-3-11(14)4-9(8)7-15-12-5-10(13)6-12/h2-4,10,12,15H,5-7H2,1H3. The Morgan fingerprint density at radius 1 is 1.47 bits per heavy atom. The van der Waals surface area contributed by atoms with Gasteiger partial charge < -0.3 is 5.32 Å². The summed E-state index contributed by atoms with van der Waals surface area (Å²) < 4.78 is 13.0. The summed E-state index contributed by atoms with van der Waals surface area (Å²) in [7, 11) is 0. The molecule has 0 spiro atoms. The molecule has 1 nitrogen and oxygen atoms in total. The van der Waals surface area contributed by atoms with Crippen LogP contribution in [0.5, 0.6) is 0 Å². The zero-order valence-electron chi connectivity index (χ0n) is 8.76. The van der Waals surface area contributed by atoms with Crippen LogP contribution in [0.3, 0.4) is 0 Å². The molecule has 1 fully saturated rings. The van der Waals surface area contributed by atoms with E-state index in [1.54, 1.807) is 6.07 Å². The van der Waals surface area contributed by atoms with Crippen molar-refractivity contribution in [1.82, 2.24) is 5.32 Å². The second kappa shape index (κ2) is 4.50. The predicted molar refractivity (Wildman–Crippen MR) is 60.6 cm³/mol. The maximum absolute atomic E-state index is 13.0. The number of aryl methyl sites for hydroxylation is 1. The number of halogens is 2. The molecule has 0 heterocycles. The van der Waals surface area contributed by atoms with Crippen molar-refractivity contribution in [3.8, 4) is 0 Å². The molecule has 1 aliphatic rings. The molecule has 1 N–H and O–H groups in total. The second-order valence-corrected chi connectivity index (χ2v) is 4.83. The third-order valence-electron chi connectivity index (χ3n) is 2.97. The molecule has 82 valence electrons. The molecule has 1 aromatic carbocycles. The molecule has 0 radical (unpaired) electrons. The third-order valence-corrected chi connectivity index (χ3v) is 3.33. The lowest BCUT2D eigenvalue weighted by Gasteiger charge is -2.31. The van der Waals surface area contributed by atoms with E-state index in [0.29, 0.717) is 11.4 Å². The van der Waals surface area contributed by atoms with Crippen molar-refractivity contribution >= 4 is 11.6 Å². The smallest absolute Gasteiger partial charge is 0.123 e. The van der Waals surface area contributed by atoms with Crippen LogP contribution in [0.1, 0.15) is 24.0 Å². The summed E-state index contributed by atoms with van der Waals surface area (Å²) in [6.07, 6.45) is 2.05. The number of alkyl halides is 1. The zero-order chi connectivity index (χ0) is 10.8. The van der Waals surface area contributed by atoms with Gasteiger partial charge in [0.2, 0.25) is 0 Å². The fourth-order valence-electron chi connectivity index (χ4n) is 1.80. The Balaban J connectivity index is 1.90. The fourth-order valence-corrected chi connectivity index (χ4v) is 2.23. The molecular weight excluding hydrogens is 213 g/mol. The first-order chi connectivity index (χ1) is 7.15. The van der Waals surface area contributed by atoms with Gasteiger partial charge in [0.05, 0.1) is 0 Å². The van der Waals surface area contributed by atoms with Crippen LogP contribution in [0.4, 0.5) is 4.39 Å². The third kappa shape index (κ3) is 2.70. The number of hydrogen-bond acceptors (Lipinski definition) is 1. The minimum atomic E-state index is -0.166. The van der Waals surface area contributed by atoms with E-state index in [1.807, 2.05) is 13.0 Å². The van der Waals surface area contributed by atoms with Gasteiger partial charge in [0.1, 0.15) is 5.82 Å². The van der Waals surface area contributed by atoms with Gasteiger partial charge in [-0.25, -0.2) is 4.39 Å². The zero-order valence-corrected chi connectivity index (χ0v) is 9.52. The quantitative estimate of drug-likeness (QED) is 0.783. The van der Waals surface area contributed by atoms with Crippen LogP contribution in [0.2, 0.25) is 0 Å². The van der Waals surface area contributed by atoms with Gasteiger partial charge in [-0.3, -0.25) is 0 Å². The molecule has 0 unspecified atom stereocenters. The second-order valence-electron chi connectivity index (χ2n) is 4.22. The Morgan fingerprint density at radius 2 is 2.20 bits per heavy atom. The highest BCUT2D eigenvalue weighted by Gasteiger charge is 2.26. The lowest BCUT2D eigenvalue weighted by atomic mass is 9.92. The van der Waals surface area contributed by atoms with Crippen molar-refractivity contribution in [2.75, 3.05) is 0 Å². The van der Waals surface area contributed by atoms with E-state index >= 15 is 0 Å². The van der Waals surface area contributed by atoms with E-state index < -0.39 is 0 Å². The highest BCUT2D eigenvalue weighted by atomic mass is 35.5. The van der Waals surface area contributed by atoms with E-state index in [0.717, 1.165) is 30.5 Å². The summed E-state index contributed by atoms with van der Waals surface area (Å²) in [5.41, 5.74) is 2.17. The lowest BCUT2D eigenvalue weighted by Crippen LogP contribution is -2.41. The highest BCUT2D eigenvalue weighted by molar-refractivity contribution is 6.21. The summed E-state index contributed by atoms with van der Waals surface area (Å²) in [4.78, 5) is 0. The normalized spacial score (nSPS) is 25.0. The Morgan fingerprint density at radius 3 is 2.87 bits per heavy atom. The van der Waals surface area contributed by atoms with Crippen LogP contribution in [0, 0.1) is 12.7 Å². The number of hydrogen-bond donors (Lipinski definition) is 1. The van der Waals surface area contributed by atoms with Crippen LogP contribution < -0.4 is 5.32 Å². The van der Waals surface area contributed by atoms with Crippen molar-refractivity contribution in [1.29, 1.82) is 0 Å². The van der Waals surface area contributed by atoms with Crippen molar-refractivity contribution in [2.45, 2.75) is 37.7 Å². The Hall–Kier alpha value is -0.600. The summed E-state index contributed by atoms with van der Waals surface area (Å²) in [6.45, 7) is 2.74. The molecule has 0 aliphatic heterocycles. The summed E-state index contributed by atoms with van der Waals surface area (Å²) in [5.74, 6) is -0.166. The average molecular weight is 228 g/mol. The molecule has 3 heteroatoms. The van der Waals surface area contributed by atoms with Gasteiger partial charge >= 0.3 is 0 Å². The number of nitrogens with one attached hydrogen (secondary N) is 1. The number of benzene rings is 1. The summed E-state index contributed by atoms with van der Waals surface area (Å²) in [6, 6.07) is 5.42. The van der Waals surface area contributed by atoms with Gasteiger partial charge in [-0.1, -0.05) is 6.07 Å². The average Bonchev–Trinajstić information content (AvgIpc) is 2.16. The SMILES string of the molecule is Cc1ccc(F)cc1CNC1CC(Cl)C1. The molecule has 15 heavy (non-hydrogen) atoms. The van der Waals surface area contributed by atoms with Crippen LogP contribution >= 0.6 is 11.6 Å². The van der Waals surface area contributed by atoms with Gasteiger partial charge in [0.25, 0.3) is 0 Å². The van der Waals surface area contributed by atoms with Crippen LogP contribution in [-0.4, -0.2) is 11.4 Å². The summed E-state index contributed by atoms with van der Waals surface area (Å²) in [5, 5.41) is 3.71. The van der Waals surface area contributed by atoms with Gasteiger partial charge in [0, 0.05) is 18.0 Å². The van der Waals surface area contributed by atoms with Crippen LogP contribution in [0.15, 0.2) is 18.2 Å². The molecule has 0 saturated heterocycles. The Bertz CT molecular complexity index is 347. The minimum absolute atomic E-state index is 0.166. The first-order valence-electron chi connectivity index (χ1n) is 5.27. The Labute approximate surface area is 94.6 Å². The molecule has 1 saturated carbocycles. The van der Waals surface area contributed by atoms with E-state index in [9.17, 15) is 4.39 Å². The summed E-state index contributed by atoms with van der Waals surface area (Å²) >= 11 is 5.88. The van der Waals surface area contributed by atoms with Crippen LogP contribution in [0.25, 0.3) is 0 Å². The maximum Gasteiger partial charge on any atom is 0.123 e. The van der Waals surface area contributed by atoms with Gasteiger partial charge in [-0.15, -0.1) is 11.6 Å². The van der Waals surface area contributed by atoms with E-state index in [2.05, 4.69) is 5.32 Å². The van der Waals surface area contributed by atoms with Crippen molar-refractivity contribution < 1.29 is 4.39 Å². The Kier molecular flexibility index (Phi) is 3.27. The van der Waals surface area contributed by atoms with Gasteiger partial charge in [0.15, 0.2) is 0 Å². The molecule has 1 aromatic rings. The van der Waals surface area contributed by atoms with Crippen LogP contribution in [-0.2, 0) is 6.54 Å². The predicted octanol–water partition coefficient (Wildman–Crippen LogP) is 2.99. The monoisotopic (exact) mass is 227 g/mol. The molecule has 0 amide bonds. The number of rotatable bonds is 3. The van der Waals surface area contributed by atoms with E-state index in [4.69, 9.17) is 11.6 Å². The first-order valence-corrected chi connectivity index (χ1v) is 5.71. The lowest BCUT2D eigenvalue weighted by molar-refractivity contribution is 0.344. The van der Waals surface area contributed by atoms with Crippen molar-refractivity contribution in [2.24, 2.45) is 0 Å². The molecule has 2 rings (SSSR count).